The van der Waals surface area contributed by atoms with Gasteiger partial charge in [0, 0.05) is 11.3 Å². The molecular weight excluding hydrogens is 270 g/mol. The van der Waals surface area contributed by atoms with E-state index in [9.17, 15) is 9.90 Å². The van der Waals surface area contributed by atoms with Gasteiger partial charge in [0.25, 0.3) is 0 Å². The highest BCUT2D eigenvalue weighted by Gasteiger charge is 2.43. The lowest BCUT2D eigenvalue weighted by Crippen LogP contribution is -2.38. The predicted octanol–water partition coefficient (Wildman–Crippen LogP) is 4.22. The summed E-state index contributed by atoms with van der Waals surface area (Å²) >= 11 is 1.66. The van der Waals surface area contributed by atoms with Crippen molar-refractivity contribution in [3.05, 3.63) is 15.6 Å². The first kappa shape index (κ1) is 15.5. The smallest absolute Gasteiger partial charge is 0.310 e. The number of thiazole rings is 1. The van der Waals surface area contributed by atoms with Gasteiger partial charge in [-0.05, 0) is 51.4 Å². The van der Waals surface area contributed by atoms with E-state index in [1.165, 1.54) is 4.88 Å². The highest BCUT2D eigenvalue weighted by molar-refractivity contribution is 7.11. The van der Waals surface area contributed by atoms with Crippen molar-refractivity contribution in [2.45, 2.75) is 59.8 Å². The first-order chi connectivity index (χ1) is 9.34. The molecule has 1 aromatic heterocycles. The lowest BCUT2D eigenvalue weighted by molar-refractivity contribution is -0.151. The summed E-state index contributed by atoms with van der Waals surface area (Å²) in [7, 11) is 0. The number of carboxylic acids is 1. The Labute approximate surface area is 125 Å². The number of aliphatic carboxylic acids is 1. The fraction of sp³-hybridized carbons (Fsp3) is 0.750. The molecule has 1 N–H and O–H groups in total. The van der Waals surface area contributed by atoms with E-state index in [4.69, 9.17) is 0 Å². The molecule has 0 bridgehead atoms. The Balaban J connectivity index is 2.14. The summed E-state index contributed by atoms with van der Waals surface area (Å²) in [6.45, 7) is 8.54. The van der Waals surface area contributed by atoms with E-state index in [0.29, 0.717) is 18.3 Å². The fourth-order valence-electron chi connectivity index (χ4n) is 3.23. The summed E-state index contributed by atoms with van der Waals surface area (Å²) in [6, 6.07) is 0. The summed E-state index contributed by atoms with van der Waals surface area (Å²) in [5, 5.41) is 10.7. The maximum Gasteiger partial charge on any atom is 0.310 e. The largest absolute Gasteiger partial charge is 0.481 e. The highest BCUT2D eigenvalue weighted by Crippen LogP contribution is 2.44. The summed E-state index contributed by atoms with van der Waals surface area (Å²) < 4.78 is 0. The van der Waals surface area contributed by atoms with Crippen LogP contribution in [-0.2, 0) is 11.2 Å². The molecule has 0 saturated heterocycles. The molecule has 1 fully saturated rings. The van der Waals surface area contributed by atoms with Gasteiger partial charge in [0.15, 0.2) is 0 Å². The zero-order chi connectivity index (χ0) is 14.9. The third kappa shape index (κ3) is 3.05. The predicted molar refractivity (Wildman–Crippen MR) is 82.2 cm³/mol. The molecule has 1 aliphatic carbocycles. The van der Waals surface area contributed by atoms with Gasteiger partial charge in [-0.25, -0.2) is 4.98 Å². The zero-order valence-corrected chi connectivity index (χ0v) is 13.7. The summed E-state index contributed by atoms with van der Waals surface area (Å²) in [5.74, 6) is 0.707. The van der Waals surface area contributed by atoms with Crippen LogP contribution in [0.3, 0.4) is 0 Å². The Bertz CT molecular complexity index is 465. The van der Waals surface area contributed by atoms with Gasteiger partial charge in [-0.2, -0.15) is 0 Å². The van der Waals surface area contributed by atoms with Crippen molar-refractivity contribution in [2.24, 2.45) is 17.3 Å². The molecule has 0 radical (unpaired) electrons. The van der Waals surface area contributed by atoms with Crippen molar-refractivity contribution in [1.29, 1.82) is 0 Å². The maximum absolute atomic E-state index is 11.8. The summed E-state index contributed by atoms with van der Waals surface area (Å²) in [5.41, 5.74) is 0.462. The van der Waals surface area contributed by atoms with Gasteiger partial charge >= 0.3 is 5.97 Å². The van der Waals surface area contributed by atoms with Crippen molar-refractivity contribution in [2.75, 3.05) is 0 Å². The molecular formula is C16H25NO2S. The highest BCUT2D eigenvalue weighted by atomic mass is 32.1. The Kier molecular flexibility index (Phi) is 4.52. The van der Waals surface area contributed by atoms with Crippen LogP contribution >= 0.6 is 11.3 Å². The van der Waals surface area contributed by atoms with Crippen LogP contribution in [-0.4, -0.2) is 16.1 Å². The minimum absolute atomic E-state index is 0.581. The third-order valence-corrected chi connectivity index (χ3v) is 6.02. The van der Waals surface area contributed by atoms with Crippen LogP contribution in [0.4, 0.5) is 0 Å². The van der Waals surface area contributed by atoms with Crippen molar-refractivity contribution < 1.29 is 9.90 Å². The van der Waals surface area contributed by atoms with Gasteiger partial charge in [0.1, 0.15) is 0 Å². The molecule has 1 saturated carbocycles. The van der Waals surface area contributed by atoms with Crippen LogP contribution in [0.15, 0.2) is 0 Å². The van der Waals surface area contributed by atoms with E-state index in [0.717, 1.165) is 36.4 Å². The minimum Gasteiger partial charge on any atom is -0.481 e. The quantitative estimate of drug-likeness (QED) is 0.904. The molecule has 0 unspecified atom stereocenters. The Morgan fingerprint density at radius 2 is 2.00 bits per heavy atom. The zero-order valence-electron chi connectivity index (χ0n) is 12.9. The van der Waals surface area contributed by atoms with Gasteiger partial charge in [0.05, 0.1) is 16.1 Å². The van der Waals surface area contributed by atoms with Crippen molar-refractivity contribution in [3.63, 3.8) is 0 Å². The summed E-state index contributed by atoms with van der Waals surface area (Å²) in [6.07, 6.45) is 4.26. The Morgan fingerprint density at radius 3 is 2.40 bits per heavy atom. The standard InChI is InChI=1S/C16H25NO2S/c1-10(2)13-5-7-16(8-6-13,15(18)19)9-14-17-11(3)12(4)20-14/h10,13H,5-9H2,1-4H3,(H,18,19). The van der Waals surface area contributed by atoms with Gasteiger partial charge in [-0.3, -0.25) is 4.79 Å². The molecule has 20 heavy (non-hydrogen) atoms. The average molecular weight is 295 g/mol. The SMILES string of the molecule is Cc1nc(CC2(C(=O)O)CCC(C(C)C)CC2)sc1C. The monoisotopic (exact) mass is 295 g/mol. The van der Waals surface area contributed by atoms with E-state index >= 15 is 0 Å². The number of hydrogen-bond donors (Lipinski definition) is 1. The second-order valence-corrected chi connectivity index (χ2v) is 7.88. The molecule has 2 rings (SSSR count). The molecule has 1 aromatic rings. The topological polar surface area (TPSA) is 50.2 Å². The number of aromatic nitrogens is 1. The maximum atomic E-state index is 11.8. The fourth-order valence-corrected chi connectivity index (χ4v) is 4.31. The molecule has 0 amide bonds. The lowest BCUT2D eigenvalue weighted by atomic mass is 9.66. The van der Waals surface area contributed by atoms with E-state index in [2.05, 4.69) is 25.8 Å². The van der Waals surface area contributed by atoms with Gasteiger partial charge < -0.3 is 5.11 Å². The third-order valence-electron chi connectivity index (χ3n) is 4.95. The van der Waals surface area contributed by atoms with Crippen molar-refractivity contribution in [1.82, 2.24) is 4.98 Å². The van der Waals surface area contributed by atoms with Gasteiger partial charge in [-0.1, -0.05) is 13.8 Å². The molecule has 1 heterocycles. The van der Waals surface area contributed by atoms with Crippen LogP contribution in [0.1, 0.15) is 55.1 Å². The first-order valence-electron chi connectivity index (χ1n) is 7.50. The molecule has 0 atom stereocenters. The molecule has 4 heteroatoms. The van der Waals surface area contributed by atoms with Crippen molar-refractivity contribution >= 4 is 17.3 Å². The Morgan fingerprint density at radius 1 is 1.40 bits per heavy atom. The van der Waals surface area contributed by atoms with Gasteiger partial charge in [-0.15, -0.1) is 11.3 Å². The molecule has 0 aromatic carbocycles. The number of carboxylic acid groups (broad SMARTS) is 1. The molecule has 3 nitrogen and oxygen atoms in total. The normalized spacial score (nSPS) is 26.9. The molecule has 0 spiro atoms. The second-order valence-electron chi connectivity index (χ2n) is 6.59. The van der Waals surface area contributed by atoms with Crippen LogP contribution in [0.25, 0.3) is 0 Å². The molecule has 0 aliphatic heterocycles. The van der Waals surface area contributed by atoms with E-state index in [1.807, 2.05) is 6.92 Å². The van der Waals surface area contributed by atoms with Crippen LogP contribution in [0.2, 0.25) is 0 Å². The Hall–Kier alpha value is -0.900. The van der Waals surface area contributed by atoms with Crippen LogP contribution in [0.5, 0.6) is 0 Å². The second kappa shape index (κ2) is 5.84. The number of rotatable bonds is 4. The van der Waals surface area contributed by atoms with E-state index in [-0.39, 0.29) is 0 Å². The summed E-state index contributed by atoms with van der Waals surface area (Å²) in [4.78, 5) is 17.6. The van der Waals surface area contributed by atoms with Gasteiger partial charge in [0.2, 0.25) is 0 Å². The lowest BCUT2D eigenvalue weighted by Gasteiger charge is -2.37. The van der Waals surface area contributed by atoms with E-state index in [1.54, 1.807) is 11.3 Å². The van der Waals surface area contributed by atoms with Crippen LogP contribution in [0, 0.1) is 31.1 Å². The number of aryl methyl sites for hydroxylation is 2. The molecule has 1 aliphatic rings. The number of carbonyl (C=O) groups is 1. The average Bonchev–Trinajstić information content (AvgIpc) is 2.68. The van der Waals surface area contributed by atoms with Crippen molar-refractivity contribution in [3.8, 4) is 0 Å². The number of hydrogen-bond acceptors (Lipinski definition) is 3. The minimum atomic E-state index is -0.634. The van der Waals surface area contributed by atoms with Crippen LogP contribution < -0.4 is 0 Å². The first-order valence-corrected chi connectivity index (χ1v) is 8.32. The number of nitrogens with zero attached hydrogens (tertiary/aromatic N) is 1. The van der Waals surface area contributed by atoms with E-state index < -0.39 is 11.4 Å². The molecule has 112 valence electrons.